The van der Waals surface area contributed by atoms with Crippen LogP contribution in [-0.4, -0.2) is 30.2 Å². The standard InChI is InChI=1S/C13H15F2NO2/c1-9(17)7-13(18)16(2)6-5-10-3-4-11(14)12(15)8-10/h3-4,8H,5-7H2,1-2H3. The summed E-state index contributed by atoms with van der Waals surface area (Å²) >= 11 is 0. The molecule has 0 aromatic heterocycles. The van der Waals surface area contributed by atoms with Crippen LogP contribution in [0.3, 0.4) is 0 Å². The van der Waals surface area contributed by atoms with E-state index in [0.717, 1.165) is 12.1 Å². The van der Waals surface area contributed by atoms with E-state index in [9.17, 15) is 18.4 Å². The van der Waals surface area contributed by atoms with E-state index in [1.165, 1.54) is 17.9 Å². The first-order chi connectivity index (χ1) is 8.40. The molecule has 0 heterocycles. The molecule has 0 radical (unpaired) electrons. The number of carbonyl (C=O) groups is 2. The third-order valence-electron chi connectivity index (χ3n) is 2.55. The lowest BCUT2D eigenvalue weighted by Crippen LogP contribution is -2.30. The van der Waals surface area contributed by atoms with E-state index in [1.54, 1.807) is 7.05 Å². The van der Waals surface area contributed by atoms with Crippen molar-refractivity contribution in [3.05, 3.63) is 35.4 Å². The zero-order valence-corrected chi connectivity index (χ0v) is 10.4. The van der Waals surface area contributed by atoms with Gasteiger partial charge in [-0.2, -0.15) is 0 Å². The molecule has 0 atom stereocenters. The first-order valence-corrected chi connectivity index (χ1v) is 5.57. The summed E-state index contributed by atoms with van der Waals surface area (Å²) in [6, 6.07) is 3.64. The number of hydrogen-bond donors (Lipinski definition) is 0. The molecule has 0 fully saturated rings. The average Bonchev–Trinajstić information content (AvgIpc) is 2.29. The van der Waals surface area contributed by atoms with Crippen molar-refractivity contribution in [2.45, 2.75) is 19.8 Å². The Labute approximate surface area is 104 Å². The van der Waals surface area contributed by atoms with E-state index in [4.69, 9.17) is 0 Å². The molecule has 3 nitrogen and oxygen atoms in total. The molecule has 0 aliphatic rings. The Bertz CT molecular complexity index is 460. The maximum Gasteiger partial charge on any atom is 0.229 e. The van der Waals surface area contributed by atoms with Crippen molar-refractivity contribution in [3.8, 4) is 0 Å². The molecule has 0 unspecified atom stereocenters. The van der Waals surface area contributed by atoms with Crippen LogP contribution in [0.4, 0.5) is 8.78 Å². The summed E-state index contributed by atoms with van der Waals surface area (Å²) in [6.07, 6.45) is 0.283. The van der Waals surface area contributed by atoms with Crippen molar-refractivity contribution in [2.75, 3.05) is 13.6 Å². The van der Waals surface area contributed by atoms with Gasteiger partial charge in [0.25, 0.3) is 0 Å². The number of rotatable bonds is 5. The van der Waals surface area contributed by atoms with Gasteiger partial charge in [0.15, 0.2) is 11.6 Å². The molecule has 1 aromatic carbocycles. The number of carbonyl (C=O) groups excluding carboxylic acids is 2. The van der Waals surface area contributed by atoms with Gasteiger partial charge >= 0.3 is 0 Å². The minimum absolute atomic E-state index is 0.131. The Morgan fingerprint density at radius 3 is 2.44 bits per heavy atom. The van der Waals surface area contributed by atoms with Crippen molar-refractivity contribution in [3.63, 3.8) is 0 Å². The summed E-state index contributed by atoms with van der Waals surface area (Å²) in [4.78, 5) is 23.6. The maximum absolute atomic E-state index is 12.9. The number of hydrogen-bond acceptors (Lipinski definition) is 2. The zero-order chi connectivity index (χ0) is 13.7. The molecule has 0 spiro atoms. The number of ketones is 1. The van der Waals surface area contributed by atoms with Crippen LogP contribution in [0, 0.1) is 11.6 Å². The number of amides is 1. The number of likely N-dealkylation sites (N-methyl/N-ethyl adjacent to an activating group) is 1. The Kier molecular flexibility index (Phi) is 4.95. The molecule has 0 aliphatic carbocycles. The van der Waals surface area contributed by atoms with Crippen LogP contribution in [-0.2, 0) is 16.0 Å². The van der Waals surface area contributed by atoms with Gasteiger partial charge in [0.2, 0.25) is 5.91 Å². The molecule has 1 amide bonds. The van der Waals surface area contributed by atoms with E-state index in [2.05, 4.69) is 0 Å². The second-order valence-electron chi connectivity index (χ2n) is 4.19. The lowest BCUT2D eigenvalue weighted by Gasteiger charge is -2.16. The van der Waals surface area contributed by atoms with Gasteiger partial charge in [-0.15, -0.1) is 0 Å². The lowest BCUT2D eigenvalue weighted by atomic mass is 10.1. The van der Waals surface area contributed by atoms with Gasteiger partial charge in [0.1, 0.15) is 5.78 Å². The van der Waals surface area contributed by atoms with Gasteiger partial charge in [-0.1, -0.05) is 6.07 Å². The van der Waals surface area contributed by atoms with Crippen LogP contribution in [0.25, 0.3) is 0 Å². The minimum atomic E-state index is -0.898. The van der Waals surface area contributed by atoms with Gasteiger partial charge in [0, 0.05) is 13.6 Å². The number of Topliss-reactive ketones (excluding diaryl/α,β-unsaturated/α-hetero) is 1. The quantitative estimate of drug-likeness (QED) is 0.754. The van der Waals surface area contributed by atoms with Gasteiger partial charge in [-0.25, -0.2) is 8.78 Å². The highest BCUT2D eigenvalue weighted by atomic mass is 19.2. The van der Waals surface area contributed by atoms with E-state index >= 15 is 0 Å². The fourth-order valence-corrected chi connectivity index (χ4v) is 1.46. The largest absolute Gasteiger partial charge is 0.345 e. The monoisotopic (exact) mass is 255 g/mol. The Hall–Kier alpha value is -1.78. The van der Waals surface area contributed by atoms with Crippen molar-refractivity contribution in [2.24, 2.45) is 0 Å². The van der Waals surface area contributed by atoms with Crippen LogP contribution in [0.1, 0.15) is 18.9 Å². The predicted molar refractivity (Wildman–Crippen MR) is 63.0 cm³/mol. The van der Waals surface area contributed by atoms with Gasteiger partial charge < -0.3 is 4.90 Å². The summed E-state index contributed by atoms with van der Waals surface area (Å²) in [5.41, 5.74) is 0.608. The third-order valence-corrected chi connectivity index (χ3v) is 2.55. The Balaban J connectivity index is 2.51. The first kappa shape index (κ1) is 14.3. The molecular formula is C13H15F2NO2. The van der Waals surface area contributed by atoms with Crippen LogP contribution in [0.5, 0.6) is 0 Å². The minimum Gasteiger partial charge on any atom is -0.345 e. The molecule has 0 N–H and O–H groups in total. The molecule has 0 saturated carbocycles. The van der Waals surface area contributed by atoms with Gasteiger partial charge in [-0.3, -0.25) is 9.59 Å². The highest BCUT2D eigenvalue weighted by Crippen LogP contribution is 2.09. The molecular weight excluding hydrogens is 240 g/mol. The molecule has 0 saturated heterocycles. The summed E-state index contributed by atoms with van der Waals surface area (Å²) in [6.45, 7) is 1.71. The van der Waals surface area contributed by atoms with Crippen LogP contribution >= 0.6 is 0 Å². The molecule has 0 aliphatic heterocycles. The van der Waals surface area contributed by atoms with E-state index in [0.29, 0.717) is 18.5 Å². The van der Waals surface area contributed by atoms with Crippen molar-refractivity contribution < 1.29 is 18.4 Å². The van der Waals surface area contributed by atoms with Crippen molar-refractivity contribution in [1.29, 1.82) is 0 Å². The zero-order valence-electron chi connectivity index (χ0n) is 10.4. The normalized spacial score (nSPS) is 10.2. The summed E-state index contributed by atoms with van der Waals surface area (Å²) in [7, 11) is 1.57. The predicted octanol–water partition coefficient (Wildman–Crippen LogP) is 1.94. The number of nitrogens with zero attached hydrogens (tertiary/aromatic N) is 1. The maximum atomic E-state index is 12.9. The van der Waals surface area contributed by atoms with Crippen LogP contribution < -0.4 is 0 Å². The second kappa shape index (κ2) is 6.23. The summed E-state index contributed by atoms with van der Waals surface area (Å²) in [5.74, 6) is -2.25. The summed E-state index contributed by atoms with van der Waals surface area (Å²) < 4.78 is 25.6. The molecule has 5 heteroatoms. The summed E-state index contributed by atoms with van der Waals surface area (Å²) in [5, 5.41) is 0. The van der Waals surface area contributed by atoms with Crippen molar-refractivity contribution >= 4 is 11.7 Å². The highest BCUT2D eigenvalue weighted by molar-refractivity contribution is 5.96. The third kappa shape index (κ3) is 4.24. The van der Waals surface area contributed by atoms with E-state index in [1.807, 2.05) is 0 Å². The number of benzene rings is 1. The fourth-order valence-electron chi connectivity index (χ4n) is 1.46. The number of halogens is 2. The smallest absolute Gasteiger partial charge is 0.229 e. The lowest BCUT2D eigenvalue weighted by molar-refractivity contribution is -0.133. The molecule has 18 heavy (non-hydrogen) atoms. The SMILES string of the molecule is CC(=O)CC(=O)N(C)CCc1ccc(F)c(F)c1. The van der Waals surface area contributed by atoms with Crippen molar-refractivity contribution in [1.82, 2.24) is 4.90 Å². The topological polar surface area (TPSA) is 37.4 Å². The average molecular weight is 255 g/mol. The Morgan fingerprint density at radius 2 is 1.89 bits per heavy atom. The molecule has 1 rings (SSSR count). The first-order valence-electron chi connectivity index (χ1n) is 5.57. The van der Waals surface area contributed by atoms with E-state index in [-0.39, 0.29) is 18.1 Å². The van der Waals surface area contributed by atoms with Gasteiger partial charge in [0.05, 0.1) is 6.42 Å². The molecule has 98 valence electrons. The fraction of sp³-hybridized carbons (Fsp3) is 0.385. The van der Waals surface area contributed by atoms with E-state index < -0.39 is 11.6 Å². The molecule has 1 aromatic rings. The Morgan fingerprint density at radius 1 is 1.22 bits per heavy atom. The van der Waals surface area contributed by atoms with Crippen LogP contribution in [0.15, 0.2) is 18.2 Å². The molecule has 0 bridgehead atoms. The van der Waals surface area contributed by atoms with Gasteiger partial charge in [-0.05, 0) is 31.0 Å². The second-order valence-corrected chi connectivity index (χ2v) is 4.19. The highest BCUT2D eigenvalue weighted by Gasteiger charge is 2.11. The van der Waals surface area contributed by atoms with Crippen LogP contribution in [0.2, 0.25) is 0 Å².